The normalized spacial score (nSPS) is 15.1. The van der Waals surface area contributed by atoms with Crippen LogP contribution in [-0.2, 0) is 21.1 Å². The highest BCUT2D eigenvalue weighted by Crippen LogP contribution is 2.31. The van der Waals surface area contributed by atoms with E-state index in [1.165, 1.54) is 22.1 Å². The van der Waals surface area contributed by atoms with Crippen molar-refractivity contribution in [2.75, 3.05) is 26.2 Å². The minimum absolute atomic E-state index is 0.0204. The molecule has 3 aromatic heterocycles. The van der Waals surface area contributed by atoms with Gasteiger partial charge < -0.3 is 20.1 Å². The number of hydrogen-bond acceptors (Lipinski definition) is 10. The predicted molar refractivity (Wildman–Crippen MR) is 143 cm³/mol. The molecule has 3 aromatic rings. The van der Waals surface area contributed by atoms with E-state index in [1.54, 1.807) is 12.1 Å². The van der Waals surface area contributed by atoms with Gasteiger partial charge in [0.15, 0.2) is 11.5 Å². The van der Waals surface area contributed by atoms with Crippen LogP contribution in [0.1, 0.15) is 53.4 Å². The van der Waals surface area contributed by atoms with E-state index in [9.17, 15) is 18.0 Å². The first-order valence-corrected chi connectivity index (χ1v) is 14.8. The van der Waals surface area contributed by atoms with Crippen LogP contribution in [0.3, 0.4) is 0 Å². The van der Waals surface area contributed by atoms with Gasteiger partial charge in [0.25, 0.3) is 11.8 Å². The van der Waals surface area contributed by atoms with Crippen molar-refractivity contribution in [1.29, 1.82) is 0 Å². The molecule has 0 unspecified atom stereocenters. The zero-order valence-electron chi connectivity index (χ0n) is 21.3. The number of thiophene rings is 1. The van der Waals surface area contributed by atoms with Crippen molar-refractivity contribution in [1.82, 2.24) is 30.5 Å². The van der Waals surface area contributed by atoms with Crippen molar-refractivity contribution in [2.24, 2.45) is 0 Å². The summed E-state index contributed by atoms with van der Waals surface area (Å²) in [4.78, 5) is 29.1. The van der Waals surface area contributed by atoms with Gasteiger partial charge in [-0.1, -0.05) is 16.8 Å². The van der Waals surface area contributed by atoms with Gasteiger partial charge in [0.05, 0.1) is 22.4 Å². The molecule has 3 N–H and O–H groups in total. The minimum atomic E-state index is -4.62. The summed E-state index contributed by atoms with van der Waals surface area (Å²) in [7, 11) is -4.62. The summed E-state index contributed by atoms with van der Waals surface area (Å²) in [5.74, 6) is -0.525. The Hall–Kier alpha value is -2.82. The van der Waals surface area contributed by atoms with Gasteiger partial charge in [-0.2, -0.15) is 13.5 Å². The molecule has 2 amide bonds. The maximum Gasteiger partial charge on any atom is 0.397 e. The van der Waals surface area contributed by atoms with Gasteiger partial charge >= 0.3 is 10.4 Å². The van der Waals surface area contributed by atoms with Crippen molar-refractivity contribution < 1.29 is 31.3 Å². The molecule has 1 aliphatic rings. The molecule has 0 atom stereocenters. The fourth-order valence-corrected chi connectivity index (χ4v) is 5.44. The summed E-state index contributed by atoms with van der Waals surface area (Å²) in [5, 5.41) is 13.9. The van der Waals surface area contributed by atoms with Gasteiger partial charge in [0.1, 0.15) is 11.4 Å². The number of carbonyl (C=O) groups is 2. The van der Waals surface area contributed by atoms with Crippen LogP contribution in [0.2, 0.25) is 4.34 Å². The van der Waals surface area contributed by atoms with Gasteiger partial charge in [-0.3, -0.25) is 18.8 Å². The van der Waals surface area contributed by atoms with E-state index in [1.807, 2.05) is 6.07 Å². The van der Waals surface area contributed by atoms with Crippen LogP contribution in [0.5, 0.6) is 0 Å². The van der Waals surface area contributed by atoms with E-state index < -0.39 is 22.9 Å². The van der Waals surface area contributed by atoms with Gasteiger partial charge in [0, 0.05) is 43.9 Å². The first-order valence-electron chi connectivity index (χ1n) is 12.2. The lowest BCUT2D eigenvalue weighted by Gasteiger charge is -2.34. The van der Waals surface area contributed by atoms with Crippen LogP contribution in [0.4, 0.5) is 0 Å². The molecule has 4 heterocycles. The topological polar surface area (TPSA) is 169 Å². The summed E-state index contributed by atoms with van der Waals surface area (Å²) in [6.07, 6.45) is 1.60. The Morgan fingerprint density at radius 2 is 2.00 bits per heavy atom. The SMILES string of the molecule is CC(C)N1CCC(NC(=O)c2cc(C(=O)NCCOS(=O)(=O)O)nn2Cc2cc(-c3ccc(Cl)s3)on2)CC1. The molecule has 1 fully saturated rings. The molecule has 0 aliphatic carbocycles. The average Bonchev–Trinajstić information content (AvgIpc) is 3.62. The van der Waals surface area contributed by atoms with Crippen LogP contribution < -0.4 is 10.6 Å². The number of likely N-dealkylation sites (tertiary alicyclic amines) is 1. The summed E-state index contributed by atoms with van der Waals surface area (Å²) in [6.45, 7) is 5.39. The summed E-state index contributed by atoms with van der Waals surface area (Å²) >= 11 is 7.35. The Labute approximate surface area is 234 Å². The molecule has 16 heteroatoms. The molecule has 0 spiro atoms. The Balaban J connectivity index is 1.49. The Morgan fingerprint density at radius 3 is 2.64 bits per heavy atom. The molecule has 0 saturated carbocycles. The summed E-state index contributed by atoms with van der Waals surface area (Å²) in [6, 6.07) is 7.04. The third-order valence-electron chi connectivity index (χ3n) is 6.15. The monoisotopic (exact) mass is 600 g/mol. The second kappa shape index (κ2) is 12.6. The van der Waals surface area contributed by atoms with Gasteiger partial charge in [0.2, 0.25) is 0 Å². The van der Waals surface area contributed by atoms with Crippen LogP contribution >= 0.6 is 22.9 Å². The lowest BCUT2D eigenvalue weighted by molar-refractivity contribution is 0.0889. The lowest BCUT2D eigenvalue weighted by Crippen LogP contribution is -2.46. The first-order chi connectivity index (χ1) is 18.5. The molecule has 0 aromatic carbocycles. The molecule has 212 valence electrons. The number of aromatic nitrogens is 3. The number of hydrogen-bond donors (Lipinski definition) is 3. The van der Waals surface area contributed by atoms with Crippen LogP contribution in [0.25, 0.3) is 10.6 Å². The zero-order valence-corrected chi connectivity index (χ0v) is 23.7. The Morgan fingerprint density at radius 1 is 1.26 bits per heavy atom. The lowest BCUT2D eigenvalue weighted by atomic mass is 10.0. The minimum Gasteiger partial charge on any atom is -0.355 e. The molecule has 4 rings (SSSR count). The van der Waals surface area contributed by atoms with Crippen LogP contribution in [0, 0.1) is 0 Å². The van der Waals surface area contributed by atoms with Crippen molar-refractivity contribution in [3.05, 3.63) is 45.7 Å². The summed E-state index contributed by atoms with van der Waals surface area (Å²) in [5.41, 5.74) is 0.574. The third-order valence-corrected chi connectivity index (χ3v) is 7.86. The Bertz CT molecular complexity index is 1410. The van der Waals surface area contributed by atoms with Crippen molar-refractivity contribution in [3.8, 4) is 10.6 Å². The molecule has 0 bridgehead atoms. The standard InChI is InChI=1S/C23H29ClN6O7S2/c1-14(2)29-8-5-15(6-9-29)26-23(32)18-12-17(22(31)25-7-10-36-39(33,34)35)27-30(18)13-16-11-19(37-28-16)20-3-4-21(24)38-20/h3-4,11-12,14-15H,5-10,13H2,1-2H3,(H,25,31)(H,26,32)(H,33,34,35). The quantitative estimate of drug-likeness (QED) is 0.219. The predicted octanol–water partition coefficient (Wildman–Crippen LogP) is 2.45. The van der Waals surface area contributed by atoms with Crippen LogP contribution in [-0.4, -0.2) is 82.9 Å². The van der Waals surface area contributed by atoms with Gasteiger partial charge in [-0.25, -0.2) is 4.18 Å². The second-order valence-corrected chi connectivity index (χ2v) is 12.0. The van der Waals surface area contributed by atoms with Gasteiger partial charge in [-0.15, -0.1) is 11.3 Å². The molecule has 13 nitrogen and oxygen atoms in total. The van der Waals surface area contributed by atoms with Crippen molar-refractivity contribution >= 4 is 45.2 Å². The number of halogens is 1. The smallest absolute Gasteiger partial charge is 0.355 e. The molecule has 0 radical (unpaired) electrons. The Kier molecular flexibility index (Phi) is 9.40. The number of nitrogens with zero attached hydrogens (tertiary/aromatic N) is 4. The van der Waals surface area contributed by atoms with Crippen molar-refractivity contribution in [3.63, 3.8) is 0 Å². The highest BCUT2D eigenvalue weighted by Gasteiger charge is 2.26. The first kappa shape index (κ1) is 29.2. The molecule has 1 saturated heterocycles. The largest absolute Gasteiger partial charge is 0.397 e. The fourth-order valence-electron chi connectivity index (χ4n) is 4.16. The number of amides is 2. The maximum atomic E-state index is 13.3. The molecule has 39 heavy (non-hydrogen) atoms. The number of piperidine rings is 1. The zero-order chi connectivity index (χ0) is 28.2. The molecule has 1 aliphatic heterocycles. The molecular weight excluding hydrogens is 572 g/mol. The number of nitrogens with one attached hydrogen (secondary N) is 2. The fraction of sp³-hybridized carbons (Fsp3) is 0.478. The van der Waals surface area contributed by atoms with E-state index in [0.717, 1.165) is 30.8 Å². The van der Waals surface area contributed by atoms with E-state index in [0.29, 0.717) is 21.8 Å². The number of rotatable bonds is 11. The number of carbonyl (C=O) groups excluding carboxylic acids is 2. The van der Waals surface area contributed by atoms with E-state index in [2.05, 4.69) is 43.8 Å². The maximum absolute atomic E-state index is 13.3. The second-order valence-electron chi connectivity index (χ2n) is 9.24. The third kappa shape index (κ3) is 8.09. The molecular formula is C23H29ClN6O7S2. The average molecular weight is 601 g/mol. The summed E-state index contributed by atoms with van der Waals surface area (Å²) < 4.78 is 41.6. The van der Waals surface area contributed by atoms with E-state index in [4.69, 9.17) is 20.7 Å². The van der Waals surface area contributed by atoms with E-state index in [-0.39, 0.29) is 36.4 Å². The van der Waals surface area contributed by atoms with E-state index >= 15 is 0 Å². The highest BCUT2D eigenvalue weighted by molar-refractivity contribution is 7.80. The highest BCUT2D eigenvalue weighted by atomic mass is 35.5. The van der Waals surface area contributed by atoms with Crippen molar-refractivity contribution in [2.45, 2.75) is 45.3 Å². The van der Waals surface area contributed by atoms with Crippen LogP contribution in [0.15, 0.2) is 28.8 Å². The van der Waals surface area contributed by atoms with Gasteiger partial charge in [-0.05, 0) is 38.8 Å².